The van der Waals surface area contributed by atoms with E-state index in [1.807, 2.05) is 0 Å². The molecule has 0 saturated heterocycles. The van der Waals surface area contributed by atoms with E-state index in [4.69, 9.17) is 14.6 Å². The molecule has 1 aliphatic rings. The third kappa shape index (κ3) is 3.11. The monoisotopic (exact) mass is 272 g/mol. The van der Waals surface area contributed by atoms with Crippen LogP contribution in [0.1, 0.15) is 26.7 Å². The highest BCUT2D eigenvalue weighted by Gasteiger charge is 2.29. The van der Waals surface area contributed by atoms with E-state index < -0.39 is 10.0 Å². The highest BCUT2D eigenvalue weighted by atomic mass is 32.2. The number of hydrogen-bond donors (Lipinski definition) is 1. The molecule has 18 heavy (non-hydrogen) atoms. The second-order valence-corrected chi connectivity index (χ2v) is 5.97. The van der Waals surface area contributed by atoms with Crippen LogP contribution < -0.4 is 14.6 Å². The van der Waals surface area contributed by atoms with Crippen molar-refractivity contribution >= 4 is 10.0 Å². The molecule has 1 aliphatic carbocycles. The van der Waals surface area contributed by atoms with Gasteiger partial charge in [0.05, 0.1) is 12.2 Å². The van der Waals surface area contributed by atoms with Crippen molar-refractivity contribution in [3.05, 3.63) is 12.3 Å². The number of aromatic nitrogens is 1. The van der Waals surface area contributed by atoms with E-state index in [0.717, 1.165) is 12.8 Å². The molecule has 0 radical (unpaired) electrons. The SMILES string of the molecule is CC(C)Oc1nccc(OC2CC2)c1S(N)(=O)=O. The first-order valence-electron chi connectivity index (χ1n) is 5.73. The Morgan fingerprint density at radius 3 is 2.61 bits per heavy atom. The van der Waals surface area contributed by atoms with E-state index in [-0.39, 0.29) is 28.7 Å². The molecular weight excluding hydrogens is 256 g/mol. The summed E-state index contributed by atoms with van der Waals surface area (Å²) < 4.78 is 34.2. The molecule has 0 unspecified atom stereocenters. The number of nitrogens with zero attached hydrogens (tertiary/aromatic N) is 1. The first-order valence-corrected chi connectivity index (χ1v) is 7.27. The van der Waals surface area contributed by atoms with Gasteiger partial charge >= 0.3 is 0 Å². The van der Waals surface area contributed by atoms with Crippen LogP contribution in [0.3, 0.4) is 0 Å². The number of primary sulfonamides is 1. The van der Waals surface area contributed by atoms with Crippen LogP contribution in [0.25, 0.3) is 0 Å². The standard InChI is InChI=1S/C11H16N2O4S/c1-7(2)16-11-10(18(12,14)15)9(5-6-13-11)17-8-3-4-8/h5-8H,3-4H2,1-2H3,(H2,12,14,15). The van der Waals surface area contributed by atoms with E-state index in [2.05, 4.69) is 4.98 Å². The van der Waals surface area contributed by atoms with Crippen LogP contribution in [0.2, 0.25) is 0 Å². The molecule has 1 aromatic rings. The van der Waals surface area contributed by atoms with Gasteiger partial charge in [-0.15, -0.1) is 0 Å². The molecule has 7 heteroatoms. The molecule has 100 valence electrons. The van der Waals surface area contributed by atoms with Gasteiger partial charge in [-0.3, -0.25) is 0 Å². The lowest BCUT2D eigenvalue weighted by Gasteiger charge is -2.15. The summed E-state index contributed by atoms with van der Waals surface area (Å²) >= 11 is 0. The molecule has 1 aromatic heterocycles. The van der Waals surface area contributed by atoms with Crippen LogP contribution in [0, 0.1) is 0 Å². The zero-order valence-corrected chi connectivity index (χ0v) is 11.1. The summed E-state index contributed by atoms with van der Waals surface area (Å²) in [6.07, 6.45) is 3.16. The second-order valence-electron chi connectivity index (χ2n) is 4.47. The maximum Gasteiger partial charge on any atom is 0.247 e. The molecule has 0 aromatic carbocycles. The Hall–Kier alpha value is -1.34. The Labute approximate surface area is 106 Å². The van der Waals surface area contributed by atoms with Gasteiger partial charge in [-0.25, -0.2) is 18.5 Å². The number of sulfonamides is 1. The van der Waals surface area contributed by atoms with Crippen molar-refractivity contribution in [3.8, 4) is 11.6 Å². The number of ether oxygens (including phenoxy) is 2. The smallest absolute Gasteiger partial charge is 0.247 e. The van der Waals surface area contributed by atoms with Gasteiger partial charge in [-0.1, -0.05) is 0 Å². The van der Waals surface area contributed by atoms with Gasteiger partial charge in [0.15, 0.2) is 4.90 Å². The average Bonchev–Trinajstić information content (AvgIpc) is 2.98. The fraction of sp³-hybridized carbons (Fsp3) is 0.545. The quantitative estimate of drug-likeness (QED) is 0.865. The Balaban J connectivity index is 2.45. The molecule has 0 aliphatic heterocycles. The average molecular weight is 272 g/mol. The fourth-order valence-electron chi connectivity index (χ4n) is 1.44. The van der Waals surface area contributed by atoms with Gasteiger partial charge in [0.25, 0.3) is 0 Å². The zero-order valence-electron chi connectivity index (χ0n) is 10.3. The zero-order chi connectivity index (χ0) is 13.3. The topological polar surface area (TPSA) is 91.5 Å². The molecule has 0 bridgehead atoms. The maximum atomic E-state index is 11.6. The van der Waals surface area contributed by atoms with Crippen molar-refractivity contribution in [2.45, 2.75) is 43.8 Å². The minimum Gasteiger partial charge on any atom is -0.489 e. The Morgan fingerprint density at radius 2 is 2.11 bits per heavy atom. The van der Waals surface area contributed by atoms with E-state index in [1.54, 1.807) is 13.8 Å². The molecule has 0 spiro atoms. The molecule has 2 rings (SSSR count). The number of pyridine rings is 1. The minimum absolute atomic E-state index is 0.00866. The number of nitrogens with two attached hydrogens (primary N) is 1. The largest absolute Gasteiger partial charge is 0.489 e. The number of hydrogen-bond acceptors (Lipinski definition) is 5. The van der Waals surface area contributed by atoms with Gasteiger partial charge in [-0.05, 0) is 26.7 Å². The highest BCUT2D eigenvalue weighted by Crippen LogP contribution is 2.35. The molecule has 6 nitrogen and oxygen atoms in total. The Kier molecular flexibility index (Phi) is 3.45. The van der Waals surface area contributed by atoms with E-state index >= 15 is 0 Å². The minimum atomic E-state index is -3.94. The first kappa shape index (κ1) is 13.1. The molecular formula is C11H16N2O4S. The molecule has 1 fully saturated rings. The lowest BCUT2D eigenvalue weighted by molar-refractivity contribution is 0.220. The summed E-state index contributed by atoms with van der Waals surface area (Å²) in [6, 6.07) is 1.49. The summed E-state index contributed by atoms with van der Waals surface area (Å²) in [7, 11) is -3.94. The third-order valence-corrected chi connectivity index (χ3v) is 3.23. The van der Waals surface area contributed by atoms with Gasteiger partial charge in [0, 0.05) is 12.3 Å². The molecule has 0 atom stereocenters. The normalized spacial score (nSPS) is 15.8. The lowest BCUT2D eigenvalue weighted by Crippen LogP contribution is -2.18. The maximum absolute atomic E-state index is 11.6. The Morgan fingerprint density at radius 1 is 1.44 bits per heavy atom. The van der Waals surface area contributed by atoms with Crippen molar-refractivity contribution in [2.75, 3.05) is 0 Å². The van der Waals surface area contributed by atoms with E-state index in [0.29, 0.717) is 0 Å². The highest BCUT2D eigenvalue weighted by molar-refractivity contribution is 7.89. The number of rotatable bonds is 5. The molecule has 1 heterocycles. The van der Waals surface area contributed by atoms with E-state index in [1.165, 1.54) is 12.3 Å². The van der Waals surface area contributed by atoms with E-state index in [9.17, 15) is 8.42 Å². The summed E-state index contributed by atoms with van der Waals surface area (Å²) in [4.78, 5) is 3.74. The Bertz CT molecular complexity index is 516. The van der Waals surface area contributed by atoms with Crippen molar-refractivity contribution in [1.82, 2.24) is 4.98 Å². The van der Waals surface area contributed by atoms with Gasteiger partial charge < -0.3 is 9.47 Å². The van der Waals surface area contributed by atoms with Crippen molar-refractivity contribution in [1.29, 1.82) is 0 Å². The molecule has 0 amide bonds. The van der Waals surface area contributed by atoms with Crippen LogP contribution in [-0.4, -0.2) is 25.6 Å². The van der Waals surface area contributed by atoms with Gasteiger partial charge in [-0.2, -0.15) is 0 Å². The predicted octanol–water partition coefficient (Wildman–Crippen LogP) is 1.06. The van der Waals surface area contributed by atoms with Crippen LogP contribution in [0.4, 0.5) is 0 Å². The van der Waals surface area contributed by atoms with Crippen molar-refractivity contribution in [3.63, 3.8) is 0 Å². The van der Waals surface area contributed by atoms with Crippen LogP contribution in [0.5, 0.6) is 11.6 Å². The first-order chi connectivity index (χ1) is 8.38. The third-order valence-electron chi connectivity index (χ3n) is 2.29. The van der Waals surface area contributed by atoms with Crippen LogP contribution in [-0.2, 0) is 10.0 Å². The predicted molar refractivity (Wildman–Crippen MR) is 65.0 cm³/mol. The van der Waals surface area contributed by atoms with Gasteiger partial charge in [0.1, 0.15) is 5.75 Å². The van der Waals surface area contributed by atoms with Crippen LogP contribution >= 0.6 is 0 Å². The van der Waals surface area contributed by atoms with Crippen molar-refractivity contribution in [2.24, 2.45) is 5.14 Å². The van der Waals surface area contributed by atoms with Crippen LogP contribution in [0.15, 0.2) is 17.2 Å². The molecule has 1 saturated carbocycles. The summed E-state index contributed by atoms with van der Waals surface area (Å²) in [6.45, 7) is 3.56. The summed E-state index contributed by atoms with van der Waals surface area (Å²) in [5, 5.41) is 5.20. The van der Waals surface area contributed by atoms with Crippen molar-refractivity contribution < 1.29 is 17.9 Å². The summed E-state index contributed by atoms with van der Waals surface area (Å²) in [5.41, 5.74) is 0. The van der Waals surface area contributed by atoms with Gasteiger partial charge in [0.2, 0.25) is 15.9 Å². The second kappa shape index (κ2) is 4.74. The lowest BCUT2D eigenvalue weighted by atomic mass is 10.4. The fourth-order valence-corrected chi connectivity index (χ4v) is 2.18. The molecule has 2 N–H and O–H groups in total. The summed E-state index contributed by atoms with van der Waals surface area (Å²) in [5.74, 6) is 0.205.